The molecule has 0 bridgehead atoms. The molecule has 0 spiro atoms. The molecule has 0 aromatic heterocycles. The number of urea groups is 1. The van der Waals surface area contributed by atoms with Crippen molar-refractivity contribution in [2.45, 2.75) is 6.42 Å². The molecule has 2 N–H and O–H groups in total. The predicted molar refractivity (Wildman–Crippen MR) is 80.1 cm³/mol. The van der Waals surface area contributed by atoms with Crippen LogP contribution in [0.25, 0.3) is 0 Å². The van der Waals surface area contributed by atoms with Crippen LogP contribution >= 0.6 is 0 Å². The van der Waals surface area contributed by atoms with Crippen LogP contribution in [0.1, 0.15) is 5.56 Å². The summed E-state index contributed by atoms with van der Waals surface area (Å²) in [5, 5.41) is 5.16. The molecule has 0 saturated heterocycles. The van der Waals surface area contributed by atoms with Crippen LogP contribution in [-0.2, 0) is 6.42 Å². The van der Waals surface area contributed by atoms with E-state index in [0.717, 1.165) is 11.3 Å². The lowest BCUT2D eigenvalue weighted by Crippen LogP contribution is -2.30. The molecule has 0 atom stereocenters. The smallest absolute Gasteiger partial charge is 0.319 e. The molecule has 4 nitrogen and oxygen atoms in total. The zero-order valence-corrected chi connectivity index (χ0v) is 11.7. The molecule has 110 valence electrons. The number of anilines is 1. The summed E-state index contributed by atoms with van der Waals surface area (Å²) < 4.78 is 18.4. The topological polar surface area (TPSA) is 50.4 Å². The van der Waals surface area contributed by atoms with Crippen LogP contribution in [0, 0.1) is 5.82 Å². The van der Waals surface area contributed by atoms with Crippen molar-refractivity contribution in [2.24, 2.45) is 0 Å². The Morgan fingerprint density at radius 3 is 2.52 bits per heavy atom. The molecule has 2 aromatic carbocycles. The number of carbonyl (C=O) groups is 1. The van der Waals surface area contributed by atoms with Gasteiger partial charge in [-0.05, 0) is 36.2 Å². The van der Waals surface area contributed by atoms with Crippen molar-refractivity contribution in [1.29, 1.82) is 0 Å². The number of hydrogen-bond acceptors (Lipinski definition) is 2. The Morgan fingerprint density at radius 2 is 1.86 bits per heavy atom. The summed E-state index contributed by atoms with van der Waals surface area (Å²) >= 11 is 0. The molecule has 0 radical (unpaired) electrons. The van der Waals surface area contributed by atoms with Crippen LogP contribution in [0.2, 0.25) is 0 Å². The largest absolute Gasteiger partial charge is 0.497 e. The minimum Gasteiger partial charge on any atom is -0.497 e. The second-order valence-corrected chi connectivity index (χ2v) is 4.46. The second-order valence-electron chi connectivity index (χ2n) is 4.46. The molecule has 0 saturated carbocycles. The summed E-state index contributed by atoms with van der Waals surface area (Å²) in [6.07, 6.45) is 0.689. The van der Waals surface area contributed by atoms with E-state index in [1.54, 1.807) is 19.2 Å². The fraction of sp³-hybridized carbons (Fsp3) is 0.188. The van der Waals surface area contributed by atoms with Crippen molar-refractivity contribution in [3.63, 3.8) is 0 Å². The van der Waals surface area contributed by atoms with E-state index in [4.69, 9.17) is 4.74 Å². The Balaban J connectivity index is 1.77. The van der Waals surface area contributed by atoms with E-state index in [2.05, 4.69) is 10.6 Å². The summed E-state index contributed by atoms with van der Waals surface area (Å²) in [5.41, 5.74) is 1.25. The van der Waals surface area contributed by atoms with E-state index in [-0.39, 0.29) is 5.69 Å². The Hall–Kier alpha value is -2.56. The van der Waals surface area contributed by atoms with Crippen LogP contribution in [0.5, 0.6) is 5.75 Å². The van der Waals surface area contributed by atoms with Gasteiger partial charge in [-0.1, -0.05) is 24.3 Å². The molecule has 0 unspecified atom stereocenters. The van der Waals surface area contributed by atoms with Crippen LogP contribution < -0.4 is 15.4 Å². The van der Waals surface area contributed by atoms with Gasteiger partial charge in [0.25, 0.3) is 0 Å². The summed E-state index contributed by atoms with van der Waals surface area (Å²) in [6, 6.07) is 13.2. The number of benzene rings is 2. The van der Waals surface area contributed by atoms with Crippen molar-refractivity contribution in [3.05, 3.63) is 59.9 Å². The summed E-state index contributed by atoms with van der Waals surface area (Å²) in [7, 11) is 1.61. The van der Waals surface area contributed by atoms with Gasteiger partial charge in [0.15, 0.2) is 0 Å². The van der Waals surface area contributed by atoms with E-state index in [9.17, 15) is 9.18 Å². The van der Waals surface area contributed by atoms with Gasteiger partial charge < -0.3 is 15.4 Å². The second kappa shape index (κ2) is 7.28. The molecule has 0 aliphatic carbocycles. The van der Waals surface area contributed by atoms with Crippen molar-refractivity contribution in [2.75, 3.05) is 19.0 Å². The highest BCUT2D eigenvalue weighted by Gasteiger charge is 2.05. The summed E-state index contributed by atoms with van der Waals surface area (Å²) in [6.45, 7) is 0.465. The highest BCUT2D eigenvalue weighted by Crippen LogP contribution is 2.12. The standard InChI is InChI=1S/C16H17FN2O2/c1-21-13-8-6-12(7-9-13)10-11-18-16(20)19-15-5-3-2-4-14(15)17/h2-9H,10-11H2,1H3,(H2,18,19,20). The van der Waals surface area contributed by atoms with Crippen LogP contribution in [0.3, 0.4) is 0 Å². The lowest BCUT2D eigenvalue weighted by Gasteiger charge is -2.08. The lowest BCUT2D eigenvalue weighted by atomic mass is 10.1. The fourth-order valence-electron chi connectivity index (χ4n) is 1.84. The van der Waals surface area contributed by atoms with Crippen LogP contribution in [-0.4, -0.2) is 19.7 Å². The van der Waals surface area contributed by atoms with Crippen LogP contribution in [0.15, 0.2) is 48.5 Å². The Morgan fingerprint density at radius 1 is 1.14 bits per heavy atom. The monoisotopic (exact) mass is 288 g/mol. The number of para-hydroxylation sites is 1. The molecule has 2 amide bonds. The van der Waals surface area contributed by atoms with Gasteiger partial charge in [-0.3, -0.25) is 0 Å². The highest BCUT2D eigenvalue weighted by atomic mass is 19.1. The molecule has 21 heavy (non-hydrogen) atoms. The molecule has 0 aliphatic rings. The molecule has 2 rings (SSSR count). The molecule has 5 heteroatoms. The third-order valence-electron chi connectivity index (χ3n) is 2.98. The highest BCUT2D eigenvalue weighted by molar-refractivity contribution is 5.89. The summed E-state index contributed by atoms with van der Waals surface area (Å²) in [5.74, 6) is 0.340. The Kier molecular flexibility index (Phi) is 5.15. The first kappa shape index (κ1) is 14.8. The normalized spacial score (nSPS) is 10.0. The number of ether oxygens (including phenoxy) is 1. The van der Waals surface area contributed by atoms with E-state index >= 15 is 0 Å². The molecular weight excluding hydrogens is 271 g/mol. The third kappa shape index (κ3) is 4.49. The zero-order chi connectivity index (χ0) is 15.1. The minimum atomic E-state index is -0.456. The number of methoxy groups -OCH3 is 1. The van der Waals surface area contributed by atoms with Gasteiger partial charge >= 0.3 is 6.03 Å². The molecular formula is C16H17FN2O2. The number of amides is 2. The zero-order valence-electron chi connectivity index (χ0n) is 11.7. The average Bonchev–Trinajstić information content (AvgIpc) is 2.50. The van der Waals surface area contributed by atoms with E-state index < -0.39 is 11.8 Å². The predicted octanol–water partition coefficient (Wildman–Crippen LogP) is 3.20. The molecule has 0 aliphatic heterocycles. The van der Waals surface area contributed by atoms with Crippen LogP contribution in [0.4, 0.5) is 14.9 Å². The third-order valence-corrected chi connectivity index (χ3v) is 2.98. The first-order chi connectivity index (χ1) is 10.2. The molecule has 0 heterocycles. The first-order valence-corrected chi connectivity index (χ1v) is 6.61. The van der Waals surface area contributed by atoms with Crippen molar-refractivity contribution < 1.29 is 13.9 Å². The van der Waals surface area contributed by atoms with Crippen molar-refractivity contribution >= 4 is 11.7 Å². The van der Waals surface area contributed by atoms with Gasteiger partial charge in [0.2, 0.25) is 0 Å². The van der Waals surface area contributed by atoms with Crippen molar-refractivity contribution in [1.82, 2.24) is 5.32 Å². The van der Waals surface area contributed by atoms with E-state index in [1.807, 2.05) is 24.3 Å². The average molecular weight is 288 g/mol. The maximum Gasteiger partial charge on any atom is 0.319 e. The van der Waals surface area contributed by atoms with Gasteiger partial charge in [-0.2, -0.15) is 0 Å². The quantitative estimate of drug-likeness (QED) is 0.887. The van der Waals surface area contributed by atoms with Crippen molar-refractivity contribution in [3.8, 4) is 5.75 Å². The minimum absolute atomic E-state index is 0.166. The molecule has 0 fully saturated rings. The molecule has 2 aromatic rings. The number of rotatable bonds is 5. The maximum absolute atomic E-state index is 13.4. The van der Waals surface area contributed by atoms with Gasteiger partial charge in [0.1, 0.15) is 11.6 Å². The fourth-order valence-corrected chi connectivity index (χ4v) is 1.84. The maximum atomic E-state index is 13.4. The van der Waals surface area contributed by atoms with E-state index in [1.165, 1.54) is 12.1 Å². The van der Waals surface area contributed by atoms with E-state index in [0.29, 0.717) is 13.0 Å². The SMILES string of the molecule is COc1ccc(CCNC(=O)Nc2ccccc2F)cc1. The number of carbonyl (C=O) groups excluding carboxylic acids is 1. The number of nitrogens with one attached hydrogen (secondary N) is 2. The van der Waals surface area contributed by atoms with Gasteiger partial charge in [0, 0.05) is 6.54 Å². The Bertz CT molecular complexity index is 599. The summed E-state index contributed by atoms with van der Waals surface area (Å²) in [4.78, 5) is 11.6. The van der Waals surface area contributed by atoms with Gasteiger partial charge in [0.05, 0.1) is 12.8 Å². The van der Waals surface area contributed by atoms with Gasteiger partial charge in [-0.25, -0.2) is 9.18 Å². The first-order valence-electron chi connectivity index (χ1n) is 6.61. The van der Waals surface area contributed by atoms with Gasteiger partial charge in [-0.15, -0.1) is 0 Å². The lowest BCUT2D eigenvalue weighted by molar-refractivity contribution is 0.252. The Labute approximate surface area is 122 Å². The number of halogens is 1. The number of hydrogen-bond donors (Lipinski definition) is 2.